The summed E-state index contributed by atoms with van der Waals surface area (Å²) >= 11 is 5.37. The number of aromatic nitrogens is 3. The number of H-pyrrole nitrogens is 1. The first kappa shape index (κ1) is 12.6. The summed E-state index contributed by atoms with van der Waals surface area (Å²) in [5, 5.41) is 7.30. The highest BCUT2D eigenvalue weighted by molar-refractivity contribution is 7.71. The summed E-state index contributed by atoms with van der Waals surface area (Å²) in [6, 6.07) is 10.2. The Kier molecular flexibility index (Phi) is 3.48. The van der Waals surface area contributed by atoms with Crippen LogP contribution in [0.1, 0.15) is 6.42 Å². The van der Waals surface area contributed by atoms with Crippen LogP contribution in [0.2, 0.25) is 0 Å². The summed E-state index contributed by atoms with van der Waals surface area (Å²) < 4.78 is 2.85. The van der Waals surface area contributed by atoms with E-state index in [1.807, 2.05) is 18.2 Å². The second kappa shape index (κ2) is 5.27. The molecule has 1 atom stereocenters. The fraction of sp³-hybridized carbons (Fsp3) is 0.429. The van der Waals surface area contributed by atoms with Crippen molar-refractivity contribution in [2.75, 3.05) is 20.1 Å². The van der Waals surface area contributed by atoms with E-state index in [9.17, 15) is 0 Å². The molecule has 3 rings (SSSR count). The molecule has 1 N–H and O–H groups in total. The molecule has 0 bridgehead atoms. The van der Waals surface area contributed by atoms with Gasteiger partial charge in [0, 0.05) is 18.7 Å². The van der Waals surface area contributed by atoms with E-state index in [4.69, 9.17) is 12.2 Å². The number of benzene rings is 1. The fourth-order valence-electron chi connectivity index (χ4n) is 2.73. The van der Waals surface area contributed by atoms with Crippen molar-refractivity contribution < 1.29 is 0 Å². The van der Waals surface area contributed by atoms with Crippen LogP contribution in [0.15, 0.2) is 30.3 Å². The monoisotopic (exact) mass is 274 g/mol. The standard InChI is InChI=1S/C14H18N4S/c1-17-8-7-11(9-17)10-18-13(15-16-14(18)19)12-5-3-2-4-6-12/h2-6,11H,7-10H2,1H3,(H,16,19). The normalized spacial score (nSPS) is 19.9. The second-order valence-electron chi connectivity index (χ2n) is 5.25. The van der Waals surface area contributed by atoms with Gasteiger partial charge < -0.3 is 4.90 Å². The molecule has 0 amide bonds. The van der Waals surface area contributed by atoms with E-state index in [2.05, 4.69) is 38.8 Å². The van der Waals surface area contributed by atoms with Crippen LogP contribution in [0.4, 0.5) is 0 Å². The molecule has 1 aliphatic heterocycles. The number of hydrogen-bond acceptors (Lipinski definition) is 3. The molecule has 1 unspecified atom stereocenters. The summed E-state index contributed by atoms with van der Waals surface area (Å²) in [6.45, 7) is 3.27. The van der Waals surface area contributed by atoms with E-state index in [0.29, 0.717) is 10.7 Å². The van der Waals surface area contributed by atoms with Crippen LogP contribution in [0, 0.1) is 10.7 Å². The Morgan fingerprint density at radius 2 is 2.16 bits per heavy atom. The Bertz CT molecular complexity index is 601. The van der Waals surface area contributed by atoms with Gasteiger partial charge in [-0.25, -0.2) is 0 Å². The van der Waals surface area contributed by atoms with Crippen LogP contribution in [-0.2, 0) is 6.54 Å². The lowest BCUT2D eigenvalue weighted by atomic mass is 10.1. The smallest absolute Gasteiger partial charge is 0.195 e. The third-order valence-corrected chi connectivity index (χ3v) is 4.03. The SMILES string of the molecule is CN1CCC(Cn2c(-c3ccccc3)n[nH]c2=S)C1. The Labute approximate surface area is 118 Å². The predicted octanol–water partition coefficient (Wildman–Crippen LogP) is 2.56. The Balaban J connectivity index is 1.89. The van der Waals surface area contributed by atoms with Crippen molar-refractivity contribution in [2.24, 2.45) is 5.92 Å². The maximum atomic E-state index is 5.37. The molecule has 1 aromatic carbocycles. The van der Waals surface area contributed by atoms with Gasteiger partial charge in [-0.1, -0.05) is 30.3 Å². The van der Waals surface area contributed by atoms with Crippen molar-refractivity contribution in [3.63, 3.8) is 0 Å². The topological polar surface area (TPSA) is 36.9 Å². The zero-order chi connectivity index (χ0) is 13.2. The quantitative estimate of drug-likeness (QED) is 0.874. The maximum absolute atomic E-state index is 5.37. The molecule has 1 fully saturated rings. The van der Waals surface area contributed by atoms with Crippen LogP contribution >= 0.6 is 12.2 Å². The predicted molar refractivity (Wildman–Crippen MR) is 78.5 cm³/mol. The van der Waals surface area contributed by atoms with E-state index in [1.165, 1.54) is 13.0 Å². The molecule has 2 heterocycles. The van der Waals surface area contributed by atoms with Crippen LogP contribution in [0.5, 0.6) is 0 Å². The molecule has 1 aliphatic rings. The van der Waals surface area contributed by atoms with Gasteiger partial charge in [0.15, 0.2) is 10.6 Å². The van der Waals surface area contributed by atoms with Gasteiger partial charge in [-0.15, -0.1) is 0 Å². The van der Waals surface area contributed by atoms with Crippen LogP contribution in [-0.4, -0.2) is 39.8 Å². The Morgan fingerprint density at radius 3 is 2.84 bits per heavy atom. The van der Waals surface area contributed by atoms with Crippen LogP contribution < -0.4 is 0 Å². The molecular weight excluding hydrogens is 256 g/mol. The molecule has 4 nitrogen and oxygen atoms in total. The lowest BCUT2D eigenvalue weighted by Gasteiger charge is -2.13. The summed E-state index contributed by atoms with van der Waals surface area (Å²) in [4.78, 5) is 2.37. The van der Waals surface area contributed by atoms with Gasteiger partial charge in [-0.2, -0.15) is 5.10 Å². The Hall–Kier alpha value is -1.46. The average Bonchev–Trinajstić information content (AvgIpc) is 2.99. The van der Waals surface area contributed by atoms with Gasteiger partial charge in [0.05, 0.1) is 0 Å². The molecule has 0 saturated carbocycles. The van der Waals surface area contributed by atoms with Crippen molar-refractivity contribution >= 4 is 12.2 Å². The minimum Gasteiger partial charge on any atom is -0.306 e. The van der Waals surface area contributed by atoms with Gasteiger partial charge >= 0.3 is 0 Å². The fourth-order valence-corrected chi connectivity index (χ4v) is 2.93. The third kappa shape index (κ3) is 2.62. The van der Waals surface area contributed by atoms with Gasteiger partial charge in [0.2, 0.25) is 0 Å². The molecular formula is C14H18N4S. The molecule has 0 spiro atoms. The van der Waals surface area contributed by atoms with E-state index in [-0.39, 0.29) is 0 Å². The third-order valence-electron chi connectivity index (χ3n) is 3.72. The molecule has 2 aromatic rings. The van der Waals surface area contributed by atoms with Crippen molar-refractivity contribution in [2.45, 2.75) is 13.0 Å². The molecule has 1 saturated heterocycles. The maximum Gasteiger partial charge on any atom is 0.195 e. The highest BCUT2D eigenvalue weighted by atomic mass is 32.1. The second-order valence-corrected chi connectivity index (χ2v) is 5.63. The van der Waals surface area contributed by atoms with Gasteiger partial charge in [0.25, 0.3) is 0 Å². The average molecular weight is 274 g/mol. The summed E-state index contributed by atoms with van der Waals surface area (Å²) in [6.07, 6.45) is 1.23. The highest BCUT2D eigenvalue weighted by Crippen LogP contribution is 2.21. The van der Waals surface area contributed by atoms with E-state index < -0.39 is 0 Å². The first-order valence-electron chi connectivity index (χ1n) is 6.63. The molecule has 19 heavy (non-hydrogen) atoms. The summed E-state index contributed by atoms with van der Waals surface area (Å²) in [7, 11) is 2.17. The van der Waals surface area contributed by atoms with Crippen molar-refractivity contribution in [1.29, 1.82) is 0 Å². The zero-order valence-electron chi connectivity index (χ0n) is 11.0. The lowest BCUT2D eigenvalue weighted by molar-refractivity contribution is 0.378. The van der Waals surface area contributed by atoms with Crippen molar-refractivity contribution in [3.8, 4) is 11.4 Å². The van der Waals surface area contributed by atoms with Gasteiger partial charge in [-0.3, -0.25) is 9.67 Å². The van der Waals surface area contributed by atoms with E-state index >= 15 is 0 Å². The van der Waals surface area contributed by atoms with E-state index in [1.54, 1.807) is 0 Å². The number of nitrogens with zero attached hydrogens (tertiary/aromatic N) is 3. The van der Waals surface area contributed by atoms with E-state index in [0.717, 1.165) is 24.5 Å². The summed E-state index contributed by atoms with van der Waals surface area (Å²) in [5.41, 5.74) is 1.11. The number of aromatic amines is 1. The minimum atomic E-state index is 0.664. The Morgan fingerprint density at radius 1 is 1.37 bits per heavy atom. The molecule has 0 radical (unpaired) electrons. The lowest BCUT2D eigenvalue weighted by Crippen LogP contribution is -2.17. The number of hydrogen-bond donors (Lipinski definition) is 1. The zero-order valence-corrected chi connectivity index (χ0v) is 11.9. The first-order valence-corrected chi connectivity index (χ1v) is 7.04. The van der Waals surface area contributed by atoms with Crippen LogP contribution in [0.25, 0.3) is 11.4 Å². The first-order chi connectivity index (χ1) is 9.24. The van der Waals surface area contributed by atoms with Gasteiger partial charge in [0.1, 0.15) is 0 Å². The largest absolute Gasteiger partial charge is 0.306 e. The highest BCUT2D eigenvalue weighted by Gasteiger charge is 2.21. The summed E-state index contributed by atoms with van der Waals surface area (Å²) in [5.74, 6) is 1.61. The number of nitrogens with one attached hydrogen (secondary N) is 1. The van der Waals surface area contributed by atoms with Crippen LogP contribution in [0.3, 0.4) is 0 Å². The van der Waals surface area contributed by atoms with Gasteiger partial charge in [-0.05, 0) is 38.1 Å². The van der Waals surface area contributed by atoms with Crippen molar-refractivity contribution in [3.05, 3.63) is 35.1 Å². The molecule has 1 aromatic heterocycles. The molecule has 0 aliphatic carbocycles. The number of likely N-dealkylation sites (tertiary alicyclic amines) is 1. The number of rotatable bonds is 3. The van der Waals surface area contributed by atoms with Crippen molar-refractivity contribution in [1.82, 2.24) is 19.7 Å². The minimum absolute atomic E-state index is 0.664. The molecule has 100 valence electrons. The molecule has 5 heteroatoms.